The summed E-state index contributed by atoms with van der Waals surface area (Å²) in [6.45, 7) is 0. The lowest BCUT2D eigenvalue weighted by molar-refractivity contribution is 0.594. The van der Waals surface area contributed by atoms with Crippen molar-refractivity contribution in [1.29, 1.82) is 5.26 Å². The van der Waals surface area contributed by atoms with Gasteiger partial charge in [0.15, 0.2) is 0 Å². The number of nitrogens with zero attached hydrogens (tertiary/aromatic N) is 2. The number of rotatable bonds is 3. The third-order valence-electron chi connectivity index (χ3n) is 2.81. The van der Waals surface area contributed by atoms with Crippen LogP contribution in [0, 0.1) is 11.3 Å². The fourth-order valence-corrected chi connectivity index (χ4v) is 2.99. The molecule has 2 aromatic rings. The molecule has 0 N–H and O–H groups in total. The van der Waals surface area contributed by atoms with Gasteiger partial charge in [0.1, 0.15) is 0 Å². The van der Waals surface area contributed by atoms with Crippen LogP contribution in [0.15, 0.2) is 53.4 Å². The third kappa shape index (κ3) is 2.77. The van der Waals surface area contributed by atoms with Gasteiger partial charge in [-0.15, -0.1) is 0 Å². The van der Waals surface area contributed by atoms with Crippen LogP contribution in [0.25, 0.3) is 0 Å². The summed E-state index contributed by atoms with van der Waals surface area (Å²) in [5.41, 5.74) is 0.833. The van der Waals surface area contributed by atoms with E-state index in [4.69, 9.17) is 16.9 Å². The number of benzene rings is 2. The quantitative estimate of drug-likeness (QED) is 0.875. The fourth-order valence-electron chi connectivity index (χ4n) is 1.67. The Morgan fingerprint density at radius 1 is 1.15 bits per heavy atom. The van der Waals surface area contributed by atoms with Gasteiger partial charge < -0.3 is 0 Å². The zero-order valence-corrected chi connectivity index (χ0v) is 12.2. The van der Waals surface area contributed by atoms with Crippen molar-refractivity contribution >= 4 is 27.3 Å². The second kappa shape index (κ2) is 5.53. The molecule has 0 bridgehead atoms. The monoisotopic (exact) mass is 306 g/mol. The highest BCUT2D eigenvalue weighted by molar-refractivity contribution is 7.92. The van der Waals surface area contributed by atoms with Gasteiger partial charge in [0.25, 0.3) is 10.0 Å². The summed E-state index contributed by atoms with van der Waals surface area (Å²) in [5.74, 6) is 0. The van der Waals surface area contributed by atoms with E-state index in [1.54, 1.807) is 18.2 Å². The molecule has 0 heterocycles. The van der Waals surface area contributed by atoms with Crippen LogP contribution in [0.3, 0.4) is 0 Å². The van der Waals surface area contributed by atoms with Crippen LogP contribution < -0.4 is 4.31 Å². The standard InChI is InChI=1S/C14H11ClN2O2S/c1-17(13-4-2-3-11(9-13)10-16)20(18,19)14-7-5-12(15)6-8-14/h2-9H,1H3. The number of anilines is 1. The Kier molecular flexibility index (Phi) is 3.98. The largest absolute Gasteiger partial charge is 0.269 e. The fraction of sp³-hybridized carbons (Fsp3) is 0.0714. The van der Waals surface area contributed by atoms with Crippen LogP contribution >= 0.6 is 11.6 Å². The molecule has 0 amide bonds. The van der Waals surface area contributed by atoms with Crippen molar-refractivity contribution in [2.24, 2.45) is 0 Å². The summed E-state index contributed by atoms with van der Waals surface area (Å²) in [6.07, 6.45) is 0. The van der Waals surface area contributed by atoms with E-state index in [1.165, 1.54) is 37.4 Å². The molecule has 0 unspecified atom stereocenters. The van der Waals surface area contributed by atoms with Crippen molar-refractivity contribution < 1.29 is 8.42 Å². The van der Waals surface area contributed by atoms with E-state index in [-0.39, 0.29) is 4.90 Å². The predicted molar refractivity (Wildman–Crippen MR) is 78.2 cm³/mol. The molecule has 0 aliphatic rings. The summed E-state index contributed by atoms with van der Waals surface area (Å²) in [4.78, 5) is 0.145. The molecule has 0 aliphatic carbocycles. The highest BCUT2D eigenvalue weighted by atomic mass is 35.5. The van der Waals surface area contributed by atoms with E-state index in [9.17, 15) is 8.42 Å². The van der Waals surface area contributed by atoms with Gasteiger partial charge in [0.2, 0.25) is 0 Å². The van der Waals surface area contributed by atoms with Crippen LogP contribution in [0.1, 0.15) is 5.56 Å². The summed E-state index contributed by atoms with van der Waals surface area (Å²) in [7, 11) is -2.22. The maximum Gasteiger partial charge on any atom is 0.264 e. The Hall–Kier alpha value is -2.03. The van der Waals surface area contributed by atoms with Crippen molar-refractivity contribution in [3.05, 3.63) is 59.1 Å². The Morgan fingerprint density at radius 2 is 1.80 bits per heavy atom. The maximum absolute atomic E-state index is 12.4. The molecule has 20 heavy (non-hydrogen) atoms. The van der Waals surface area contributed by atoms with Gasteiger partial charge in [-0.3, -0.25) is 4.31 Å². The summed E-state index contributed by atoms with van der Waals surface area (Å²) < 4.78 is 26.0. The molecule has 0 aromatic heterocycles. The Labute approximate surface area is 122 Å². The molecule has 0 spiro atoms. The normalized spacial score (nSPS) is 10.8. The van der Waals surface area contributed by atoms with E-state index in [0.717, 1.165) is 4.31 Å². The zero-order chi connectivity index (χ0) is 14.8. The average Bonchev–Trinajstić information content (AvgIpc) is 2.47. The Balaban J connectivity index is 2.43. The lowest BCUT2D eigenvalue weighted by Crippen LogP contribution is -2.26. The summed E-state index contributed by atoms with van der Waals surface area (Å²) in [6, 6.07) is 14.3. The molecule has 6 heteroatoms. The number of nitriles is 1. The Morgan fingerprint density at radius 3 is 2.40 bits per heavy atom. The molecule has 0 atom stereocenters. The van der Waals surface area contributed by atoms with Crippen LogP contribution in [-0.2, 0) is 10.0 Å². The van der Waals surface area contributed by atoms with Gasteiger partial charge in [-0.25, -0.2) is 8.42 Å². The molecule has 0 saturated carbocycles. The van der Waals surface area contributed by atoms with E-state index < -0.39 is 10.0 Å². The lowest BCUT2D eigenvalue weighted by Gasteiger charge is -2.19. The molecule has 2 aromatic carbocycles. The first-order chi connectivity index (χ1) is 9.45. The lowest BCUT2D eigenvalue weighted by atomic mass is 10.2. The van der Waals surface area contributed by atoms with Gasteiger partial charge in [-0.05, 0) is 42.5 Å². The SMILES string of the molecule is CN(c1cccc(C#N)c1)S(=O)(=O)c1ccc(Cl)cc1. The van der Waals surface area contributed by atoms with Crippen LogP contribution in [0.4, 0.5) is 5.69 Å². The van der Waals surface area contributed by atoms with Crippen molar-refractivity contribution in [1.82, 2.24) is 0 Å². The molecular weight excluding hydrogens is 296 g/mol. The third-order valence-corrected chi connectivity index (χ3v) is 4.86. The first kappa shape index (κ1) is 14.4. The minimum absolute atomic E-state index is 0.145. The van der Waals surface area contributed by atoms with Crippen molar-refractivity contribution in [2.75, 3.05) is 11.4 Å². The minimum atomic E-state index is -3.67. The van der Waals surface area contributed by atoms with Crippen LogP contribution in [0.2, 0.25) is 5.02 Å². The molecule has 102 valence electrons. The number of hydrogen-bond donors (Lipinski definition) is 0. The summed E-state index contributed by atoms with van der Waals surface area (Å²) >= 11 is 5.75. The molecule has 0 radical (unpaired) electrons. The smallest absolute Gasteiger partial charge is 0.264 e. The van der Waals surface area contributed by atoms with Crippen molar-refractivity contribution in [3.63, 3.8) is 0 Å². The van der Waals surface area contributed by atoms with Crippen LogP contribution in [0.5, 0.6) is 0 Å². The van der Waals surface area contributed by atoms with E-state index in [2.05, 4.69) is 0 Å². The summed E-state index contributed by atoms with van der Waals surface area (Å²) in [5, 5.41) is 9.33. The number of hydrogen-bond acceptors (Lipinski definition) is 3. The van der Waals surface area contributed by atoms with Gasteiger partial charge >= 0.3 is 0 Å². The minimum Gasteiger partial charge on any atom is -0.269 e. The van der Waals surface area contributed by atoms with Gasteiger partial charge in [-0.1, -0.05) is 17.7 Å². The van der Waals surface area contributed by atoms with Gasteiger partial charge in [0, 0.05) is 12.1 Å². The van der Waals surface area contributed by atoms with E-state index in [1.807, 2.05) is 6.07 Å². The number of halogens is 1. The zero-order valence-electron chi connectivity index (χ0n) is 10.6. The van der Waals surface area contributed by atoms with Crippen molar-refractivity contribution in [2.45, 2.75) is 4.90 Å². The molecule has 4 nitrogen and oxygen atoms in total. The highest BCUT2D eigenvalue weighted by Crippen LogP contribution is 2.23. The topological polar surface area (TPSA) is 61.2 Å². The van der Waals surface area contributed by atoms with Crippen molar-refractivity contribution in [3.8, 4) is 6.07 Å². The first-order valence-corrected chi connectivity index (χ1v) is 7.51. The van der Waals surface area contributed by atoms with E-state index in [0.29, 0.717) is 16.3 Å². The second-order valence-corrected chi connectivity index (χ2v) is 6.49. The molecule has 0 fully saturated rings. The molecule has 0 aliphatic heterocycles. The molecule has 2 rings (SSSR count). The van der Waals surface area contributed by atoms with Crippen LogP contribution in [-0.4, -0.2) is 15.5 Å². The predicted octanol–water partition coefficient (Wildman–Crippen LogP) is 3.04. The van der Waals surface area contributed by atoms with Gasteiger partial charge in [-0.2, -0.15) is 5.26 Å². The highest BCUT2D eigenvalue weighted by Gasteiger charge is 2.21. The molecule has 0 saturated heterocycles. The Bertz CT molecular complexity index is 765. The second-order valence-electron chi connectivity index (χ2n) is 4.09. The van der Waals surface area contributed by atoms with Gasteiger partial charge in [0.05, 0.1) is 22.2 Å². The maximum atomic E-state index is 12.4. The first-order valence-electron chi connectivity index (χ1n) is 5.70. The number of sulfonamides is 1. The van der Waals surface area contributed by atoms with E-state index >= 15 is 0 Å². The molecular formula is C14H11ClN2O2S. The average molecular weight is 307 g/mol.